The molecular formula is C22H21F3N4O. The SMILES string of the molecule is C[C@@H](Nc1cnnc2ccc(N3C[C@@H]4C[C@H]3CO4)cc12)c1cccc(C(F)F)c1F. The van der Waals surface area contributed by atoms with Gasteiger partial charge in [-0.15, -0.1) is 0 Å². The Bertz CT molecular complexity index is 1090. The lowest BCUT2D eigenvalue weighted by Crippen LogP contribution is -2.36. The van der Waals surface area contributed by atoms with Crippen LogP contribution in [0.4, 0.5) is 24.5 Å². The van der Waals surface area contributed by atoms with Crippen LogP contribution < -0.4 is 10.2 Å². The number of benzene rings is 2. The molecule has 0 amide bonds. The van der Waals surface area contributed by atoms with E-state index >= 15 is 0 Å². The number of rotatable bonds is 5. The summed E-state index contributed by atoms with van der Waals surface area (Å²) in [6, 6.07) is 9.91. The van der Waals surface area contributed by atoms with Crippen LogP contribution in [0.15, 0.2) is 42.6 Å². The molecule has 2 fully saturated rings. The van der Waals surface area contributed by atoms with Crippen LogP contribution in [0, 0.1) is 5.82 Å². The van der Waals surface area contributed by atoms with E-state index in [-0.39, 0.29) is 11.7 Å². The van der Waals surface area contributed by atoms with Gasteiger partial charge in [-0.05, 0) is 31.5 Å². The number of ether oxygens (including phenoxy) is 1. The number of alkyl halides is 2. The largest absolute Gasteiger partial charge is 0.377 e. The predicted molar refractivity (Wildman–Crippen MR) is 108 cm³/mol. The smallest absolute Gasteiger partial charge is 0.266 e. The second-order valence-electron chi connectivity index (χ2n) is 7.87. The van der Waals surface area contributed by atoms with Gasteiger partial charge in [-0.25, -0.2) is 13.2 Å². The van der Waals surface area contributed by atoms with Crippen molar-refractivity contribution in [1.82, 2.24) is 10.2 Å². The van der Waals surface area contributed by atoms with Crippen LogP contribution in [0.2, 0.25) is 0 Å². The Kier molecular flexibility index (Phi) is 4.73. The van der Waals surface area contributed by atoms with Crippen LogP contribution in [0.1, 0.15) is 36.9 Å². The predicted octanol–water partition coefficient (Wildman–Crippen LogP) is 4.86. The third kappa shape index (κ3) is 3.25. The quantitative estimate of drug-likeness (QED) is 0.646. The van der Waals surface area contributed by atoms with Crippen LogP contribution in [-0.4, -0.2) is 35.5 Å². The van der Waals surface area contributed by atoms with Crippen molar-refractivity contribution in [2.24, 2.45) is 0 Å². The zero-order valence-electron chi connectivity index (χ0n) is 16.4. The summed E-state index contributed by atoms with van der Waals surface area (Å²) >= 11 is 0. The third-order valence-corrected chi connectivity index (χ3v) is 5.99. The van der Waals surface area contributed by atoms with Gasteiger partial charge in [0.05, 0.1) is 47.8 Å². The molecule has 5 rings (SSSR count). The Hall–Kier alpha value is -2.87. The Morgan fingerprint density at radius 1 is 1.20 bits per heavy atom. The molecule has 0 unspecified atom stereocenters. The molecule has 0 radical (unpaired) electrons. The van der Waals surface area contributed by atoms with Crippen LogP contribution in [-0.2, 0) is 4.74 Å². The van der Waals surface area contributed by atoms with E-state index < -0.39 is 23.8 Å². The zero-order valence-corrected chi connectivity index (χ0v) is 16.4. The number of anilines is 2. The van der Waals surface area contributed by atoms with Gasteiger partial charge in [0.1, 0.15) is 5.82 Å². The molecule has 8 heteroatoms. The molecule has 156 valence electrons. The molecule has 3 heterocycles. The summed E-state index contributed by atoms with van der Waals surface area (Å²) in [7, 11) is 0. The molecule has 1 aromatic heterocycles. The zero-order chi connectivity index (χ0) is 20.8. The highest BCUT2D eigenvalue weighted by molar-refractivity contribution is 5.93. The van der Waals surface area contributed by atoms with E-state index in [9.17, 15) is 13.2 Å². The van der Waals surface area contributed by atoms with E-state index in [0.29, 0.717) is 17.2 Å². The van der Waals surface area contributed by atoms with E-state index in [1.54, 1.807) is 13.1 Å². The average molecular weight is 414 g/mol. The third-order valence-electron chi connectivity index (χ3n) is 5.99. The van der Waals surface area contributed by atoms with Crippen LogP contribution >= 0.6 is 0 Å². The van der Waals surface area contributed by atoms with Gasteiger partial charge >= 0.3 is 0 Å². The molecule has 5 nitrogen and oxygen atoms in total. The summed E-state index contributed by atoms with van der Waals surface area (Å²) in [6.45, 7) is 3.33. The first kappa shape index (κ1) is 19.1. The molecule has 30 heavy (non-hydrogen) atoms. The van der Waals surface area contributed by atoms with Crippen LogP contribution in [0.5, 0.6) is 0 Å². The maximum Gasteiger partial charge on any atom is 0.266 e. The van der Waals surface area contributed by atoms with Crippen molar-refractivity contribution in [3.63, 3.8) is 0 Å². The minimum absolute atomic E-state index is 0.183. The van der Waals surface area contributed by atoms with Gasteiger partial charge in [-0.2, -0.15) is 10.2 Å². The van der Waals surface area contributed by atoms with Gasteiger partial charge in [-0.1, -0.05) is 18.2 Å². The highest BCUT2D eigenvalue weighted by Crippen LogP contribution is 2.36. The molecule has 0 spiro atoms. The fourth-order valence-electron chi connectivity index (χ4n) is 4.44. The lowest BCUT2D eigenvalue weighted by Gasteiger charge is -2.29. The summed E-state index contributed by atoms with van der Waals surface area (Å²) in [5.74, 6) is -0.882. The minimum atomic E-state index is -2.86. The van der Waals surface area contributed by atoms with Gasteiger partial charge in [0, 0.05) is 23.2 Å². The summed E-state index contributed by atoms with van der Waals surface area (Å²) in [6.07, 6.45) is 0.0393. The topological polar surface area (TPSA) is 50.3 Å². The number of hydrogen-bond acceptors (Lipinski definition) is 5. The van der Waals surface area contributed by atoms with Crippen molar-refractivity contribution >= 4 is 22.3 Å². The molecule has 2 bridgehead atoms. The maximum atomic E-state index is 14.6. The summed E-state index contributed by atoms with van der Waals surface area (Å²) in [5, 5.41) is 12.3. The Balaban J connectivity index is 1.47. The molecular weight excluding hydrogens is 393 g/mol. The van der Waals surface area contributed by atoms with E-state index in [1.807, 2.05) is 18.2 Å². The van der Waals surface area contributed by atoms with Gasteiger partial charge in [0.2, 0.25) is 0 Å². The normalized spacial score (nSPS) is 21.6. The van der Waals surface area contributed by atoms with Gasteiger partial charge < -0.3 is 15.0 Å². The second kappa shape index (κ2) is 7.43. The van der Waals surface area contributed by atoms with Crippen molar-refractivity contribution in [2.45, 2.75) is 38.0 Å². The van der Waals surface area contributed by atoms with Gasteiger partial charge in [0.15, 0.2) is 0 Å². The molecule has 2 aliphatic rings. The molecule has 1 N–H and O–H groups in total. The summed E-state index contributed by atoms with van der Waals surface area (Å²) < 4.78 is 46.4. The molecule has 2 saturated heterocycles. The van der Waals surface area contributed by atoms with Crippen molar-refractivity contribution in [2.75, 3.05) is 23.4 Å². The van der Waals surface area contributed by atoms with Crippen molar-refractivity contribution < 1.29 is 17.9 Å². The molecule has 2 aliphatic heterocycles. The Morgan fingerprint density at radius 2 is 2.03 bits per heavy atom. The standard InChI is InChI=1S/C22H21F3N4O/c1-12(16-3-2-4-17(21(16)23)22(24)25)27-20-9-26-28-19-6-5-13(8-18(19)20)29-10-15-7-14(29)11-30-15/h2-6,8-9,12,14-15,22H,7,10-11H2,1H3,(H,27,28)/t12-,14+,15+/m1/s1. The van der Waals surface area contributed by atoms with Crippen LogP contribution in [0.25, 0.3) is 10.9 Å². The first-order chi connectivity index (χ1) is 14.5. The van der Waals surface area contributed by atoms with Crippen molar-refractivity contribution in [1.29, 1.82) is 0 Å². The molecule has 0 saturated carbocycles. The molecule has 3 aromatic rings. The number of halogens is 3. The first-order valence-corrected chi connectivity index (χ1v) is 9.98. The lowest BCUT2D eigenvalue weighted by atomic mass is 10.0. The fraction of sp³-hybridized carbons (Fsp3) is 0.364. The molecule has 3 atom stereocenters. The van der Waals surface area contributed by atoms with Crippen molar-refractivity contribution in [3.05, 3.63) is 59.5 Å². The minimum Gasteiger partial charge on any atom is -0.377 e. The van der Waals surface area contributed by atoms with Crippen LogP contribution in [0.3, 0.4) is 0 Å². The molecule has 2 aromatic carbocycles. The summed E-state index contributed by atoms with van der Waals surface area (Å²) in [5.41, 5.74) is 2.05. The number of nitrogens with zero attached hydrogens (tertiary/aromatic N) is 3. The number of aromatic nitrogens is 2. The fourth-order valence-corrected chi connectivity index (χ4v) is 4.44. The highest BCUT2D eigenvalue weighted by atomic mass is 19.3. The Morgan fingerprint density at radius 3 is 2.77 bits per heavy atom. The number of nitrogens with one attached hydrogen (secondary N) is 1. The first-order valence-electron chi connectivity index (χ1n) is 9.98. The van der Waals surface area contributed by atoms with Crippen molar-refractivity contribution in [3.8, 4) is 0 Å². The van der Waals surface area contributed by atoms with E-state index in [0.717, 1.165) is 36.7 Å². The number of fused-ring (bicyclic) bond motifs is 3. The van der Waals surface area contributed by atoms with E-state index in [4.69, 9.17) is 4.74 Å². The van der Waals surface area contributed by atoms with Gasteiger partial charge in [-0.3, -0.25) is 0 Å². The highest BCUT2D eigenvalue weighted by Gasteiger charge is 2.39. The summed E-state index contributed by atoms with van der Waals surface area (Å²) in [4.78, 5) is 2.34. The van der Waals surface area contributed by atoms with Gasteiger partial charge in [0.25, 0.3) is 6.43 Å². The maximum absolute atomic E-state index is 14.6. The van der Waals surface area contributed by atoms with E-state index in [2.05, 4.69) is 20.4 Å². The van der Waals surface area contributed by atoms with E-state index in [1.165, 1.54) is 12.1 Å². The Labute approximate surface area is 171 Å². The average Bonchev–Trinajstić information content (AvgIpc) is 3.37. The lowest BCUT2D eigenvalue weighted by molar-refractivity contribution is 0.0991. The molecule has 0 aliphatic carbocycles. The number of morpholine rings is 1. The number of hydrogen-bond donors (Lipinski definition) is 1. The monoisotopic (exact) mass is 414 g/mol. The second-order valence-corrected chi connectivity index (χ2v) is 7.87.